The fourth-order valence-electron chi connectivity index (χ4n) is 2.22. The summed E-state index contributed by atoms with van der Waals surface area (Å²) < 4.78 is 6.61. The SMILES string of the molecule is CC(C)OC(=O)CSc1nc2scc(-c3cccs3)c2c(=O)n1C. The monoisotopic (exact) mass is 380 g/mol. The highest BCUT2D eigenvalue weighted by Gasteiger charge is 2.17. The highest BCUT2D eigenvalue weighted by Crippen LogP contribution is 2.34. The molecule has 0 aliphatic heterocycles. The number of nitrogens with zero attached hydrogens (tertiary/aromatic N) is 2. The largest absolute Gasteiger partial charge is 0.462 e. The highest BCUT2D eigenvalue weighted by atomic mass is 32.2. The number of hydrogen-bond acceptors (Lipinski definition) is 7. The number of rotatable bonds is 5. The summed E-state index contributed by atoms with van der Waals surface area (Å²) in [5, 5.41) is 5.11. The van der Waals surface area contributed by atoms with Crippen LogP contribution in [0, 0.1) is 0 Å². The van der Waals surface area contributed by atoms with Crippen LogP contribution >= 0.6 is 34.4 Å². The third-order valence-electron chi connectivity index (χ3n) is 3.25. The third-order valence-corrected chi connectivity index (χ3v) is 6.03. The minimum absolute atomic E-state index is 0.0932. The Bertz CT molecular complexity index is 926. The summed E-state index contributed by atoms with van der Waals surface area (Å²) in [7, 11) is 1.68. The molecule has 0 radical (unpaired) electrons. The molecule has 3 heterocycles. The summed E-state index contributed by atoms with van der Waals surface area (Å²) >= 11 is 4.26. The van der Waals surface area contributed by atoms with Crippen LogP contribution in [-0.2, 0) is 16.6 Å². The van der Waals surface area contributed by atoms with Crippen molar-refractivity contribution < 1.29 is 9.53 Å². The van der Waals surface area contributed by atoms with Gasteiger partial charge >= 0.3 is 5.97 Å². The van der Waals surface area contributed by atoms with Gasteiger partial charge in [-0.3, -0.25) is 14.2 Å². The van der Waals surface area contributed by atoms with Gasteiger partial charge in [0.15, 0.2) is 5.16 Å². The first-order chi connectivity index (χ1) is 11.5. The van der Waals surface area contributed by atoms with Gasteiger partial charge in [-0.15, -0.1) is 22.7 Å². The van der Waals surface area contributed by atoms with Gasteiger partial charge in [0.2, 0.25) is 0 Å². The molecule has 0 amide bonds. The van der Waals surface area contributed by atoms with Crippen molar-refractivity contribution in [2.45, 2.75) is 25.1 Å². The predicted octanol–water partition coefficient (Wildman–Crippen LogP) is 3.77. The van der Waals surface area contributed by atoms with E-state index in [1.165, 1.54) is 27.7 Å². The first kappa shape index (κ1) is 17.2. The molecule has 126 valence electrons. The van der Waals surface area contributed by atoms with Gasteiger partial charge in [-0.2, -0.15) is 0 Å². The van der Waals surface area contributed by atoms with Crippen LogP contribution in [-0.4, -0.2) is 27.4 Å². The van der Waals surface area contributed by atoms with Crippen LogP contribution in [0.25, 0.3) is 20.7 Å². The first-order valence-electron chi connectivity index (χ1n) is 7.31. The van der Waals surface area contributed by atoms with Crippen molar-refractivity contribution in [3.05, 3.63) is 33.2 Å². The summed E-state index contributed by atoms with van der Waals surface area (Å²) in [6.07, 6.45) is -0.150. The van der Waals surface area contributed by atoms with Crippen LogP contribution < -0.4 is 5.56 Å². The lowest BCUT2D eigenvalue weighted by atomic mass is 10.2. The van der Waals surface area contributed by atoms with E-state index >= 15 is 0 Å². The van der Waals surface area contributed by atoms with E-state index < -0.39 is 0 Å². The smallest absolute Gasteiger partial charge is 0.316 e. The Morgan fingerprint density at radius 3 is 2.88 bits per heavy atom. The van der Waals surface area contributed by atoms with Gasteiger partial charge in [0.25, 0.3) is 5.56 Å². The summed E-state index contributed by atoms with van der Waals surface area (Å²) in [5.41, 5.74) is 0.832. The summed E-state index contributed by atoms with van der Waals surface area (Å²) in [5.74, 6) is -0.178. The Balaban J connectivity index is 1.94. The maximum Gasteiger partial charge on any atom is 0.316 e. The van der Waals surface area contributed by atoms with Crippen molar-refractivity contribution in [1.82, 2.24) is 9.55 Å². The number of hydrogen-bond donors (Lipinski definition) is 0. The van der Waals surface area contributed by atoms with Gasteiger partial charge in [0, 0.05) is 22.9 Å². The van der Waals surface area contributed by atoms with E-state index in [2.05, 4.69) is 4.98 Å². The van der Waals surface area contributed by atoms with E-state index in [0.29, 0.717) is 15.4 Å². The molecule has 3 rings (SSSR count). The van der Waals surface area contributed by atoms with Gasteiger partial charge in [0.1, 0.15) is 4.83 Å². The zero-order chi connectivity index (χ0) is 17.3. The fourth-order valence-corrected chi connectivity index (χ4v) is 4.77. The number of carbonyl (C=O) groups excluding carboxylic acids is 1. The molecule has 3 aromatic rings. The second kappa shape index (κ2) is 7.08. The molecule has 0 spiro atoms. The van der Waals surface area contributed by atoms with E-state index in [0.717, 1.165) is 10.4 Å². The normalized spacial score (nSPS) is 11.3. The molecule has 0 aromatic carbocycles. The number of ether oxygens (including phenoxy) is 1. The van der Waals surface area contributed by atoms with Gasteiger partial charge in [0.05, 0.1) is 17.2 Å². The lowest BCUT2D eigenvalue weighted by molar-refractivity contribution is -0.144. The molecule has 8 heteroatoms. The van der Waals surface area contributed by atoms with E-state index in [4.69, 9.17) is 4.74 Å². The molecule has 5 nitrogen and oxygen atoms in total. The van der Waals surface area contributed by atoms with Gasteiger partial charge in [-0.1, -0.05) is 17.8 Å². The number of thiophene rings is 2. The van der Waals surface area contributed by atoms with Crippen LogP contribution in [0.3, 0.4) is 0 Å². The first-order valence-corrected chi connectivity index (χ1v) is 10.1. The van der Waals surface area contributed by atoms with Crippen molar-refractivity contribution in [2.24, 2.45) is 7.05 Å². The molecule has 3 aromatic heterocycles. The van der Waals surface area contributed by atoms with E-state index in [1.54, 1.807) is 32.2 Å². The van der Waals surface area contributed by atoms with Crippen molar-refractivity contribution in [3.63, 3.8) is 0 Å². The number of thioether (sulfide) groups is 1. The molecule has 0 aliphatic carbocycles. The molecule has 0 unspecified atom stereocenters. The summed E-state index contributed by atoms with van der Waals surface area (Å²) in [4.78, 5) is 30.8. The number of fused-ring (bicyclic) bond motifs is 1. The van der Waals surface area contributed by atoms with Crippen molar-refractivity contribution in [2.75, 3.05) is 5.75 Å². The second-order valence-electron chi connectivity index (χ2n) is 5.39. The Kier molecular flexibility index (Phi) is 5.07. The maximum absolute atomic E-state index is 12.8. The van der Waals surface area contributed by atoms with Crippen LogP contribution in [0.4, 0.5) is 0 Å². The van der Waals surface area contributed by atoms with E-state index in [1.807, 2.05) is 22.9 Å². The highest BCUT2D eigenvalue weighted by molar-refractivity contribution is 7.99. The average molecular weight is 381 g/mol. The van der Waals surface area contributed by atoms with Crippen LogP contribution in [0.2, 0.25) is 0 Å². The van der Waals surface area contributed by atoms with Gasteiger partial charge < -0.3 is 4.74 Å². The Hall–Kier alpha value is -1.64. The molecule has 0 N–H and O–H groups in total. The summed E-state index contributed by atoms with van der Waals surface area (Å²) in [6.45, 7) is 3.61. The van der Waals surface area contributed by atoms with Crippen LogP contribution in [0.15, 0.2) is 32.8 Å². The zero-order valence-corrected chi connectivity index (χ0v) is 15.9. The molecule has 0 bridgehead atoms. The molecular formula is C16H16N2O3S3. The number of aromatic nitrogens is 2. The topological polar surface area (TPSA) is 61.2 Å². The Morgan fingerprint density at radius 1 is 1.42 bits per heavy atom. The lowest BCUT2D eigenvalue weighted by Gasteiger charge is -2.09. The predicted molar refractivity (Wildman–Crippen MR) is 100 cm³/mol. The minimum Gasteiger partial charge on any atom is -0.462 e. The van der Waals surface area contributed by atoms with Crippen molar-refractivity contribution in [1.29, 1.82) is 0 Å². The molecule has 0 fully saturated rings. The van der Waals surface area contributed by atoms with Gasteiger partial charge in [-0.25, -0.2) is 4.98 Å². The van der Waals surface area contributed by atoms with Crippen molar-refractivity contribution in [3.8, 4) is 10.4 Å². The molecule has 0 atom stereocenters. The standard InChI is InChI=1S/C16H16N2O3S3/c1-9(2)21-12(19)8-24-16-17-14-13(15(20)18(16)3)10(7-23-14)11-5-4-6-22-11/h4-7,9H,8H2,1-3H3. The van der Waals surface area contributed by atoms with Crippen LogP contribution in [0.1, 0.15) is 13.8 Å². The maximum atomic E-state index is 12.8. The molecular weight excluding hydrogens is 364 g/mol. The number of esters is 1. The zero-order valence-electron chi connectivity index (χ0n) is 13.4. The minimum atomic E-state index is -0.310. The molecule has 0 saturated carbocycles. The van der Waals surface area contributed by atoms with Crippen LogP contribution in [0.5, 0.6) is 0 Å². The number of carbonyl (C=O) groups is 1. The fraction of sp³-hybridized carbons (Fsp3) is 0.312. The van der Waals surface area contributed by atoms with Gasteiger partial charge in [-0.05, 0) is 25.3 Å². The van der Waals surface area contributed by atoms with Crippen molar-refractivity contribution >= 4 is 50.6 Å². The van der Waals surface area contributed by atoms with E-state index in [9.17, 15) is 9.59 Å². The Morgan fingerprint density at radius 2 is 2.21 bits per heavy atom. The second-order valence-corrected chi connectivity index (χ2v) is 8.14. The Labute approximate surface area is 151 Å². The average Bonchev–Trinajstić information content (AvgIpc) is 3.17. The quantitative estimate of drug-likeness (QED) is 0.383. The molecule has 24 heavy (non-hydrogen) atoms. The third kappa shape index (κ3) is 3.40. The summed E-state index contributed by atoms with van der Waals surface area (Å²) in [6, 6.07) is 3.96. The van der Waals surface area contributed by atoms with E-state index in [-0.39, 0.29) is 23.4 Å². The molecule has 0 aliphatic rings. The molecule has 0 saturated heterocycles. The lowest BCUT2D eigenvalue weighted by Crippen LogP contribution is -2.20.